The van der Waals surface area contributed by atoms with Gasteiger partial charge in [-0.3, -0.25) is 0 Å². The minimum absolute atomic E-state index is 0.355. The van der Waals surface area contributed by atoms with Gasteiger partial charge < -0.3 is 4.74 Å². The first-order valence-corrected chi connectivity index (χ1v) is 6.67. The smallest absolute Gasteiger partial charge is 0.338 e. The molecule has 0 bridgehead atoms. The highest BCUT2D eigenvalue weighted by molar-refractivity contribution is 6.17. The van der Waals surface area contributed by atoms with Crippen LogP contribution < -0.4 is 0 Å². The van der Waals surface area contributed by atoms with Crippen LogP contribution in [0.4, 0.5) is 0 Å². The molecule has 2 aromatic carbocycles. The Morgan fingerprint density at radius 3 is 2.33 bits per heavy atom. The molecule has 0 aromatic heterocycles. The Balaban J connectivity index is 2.43. The maximum atomic E-state index is 11.8. The Labute approximate surface area is 125 Å². The molecule has 0 N–H and O–H groups in total. The highest BCUT2D eigenvalue weighted by Crippen LogP contribution is 2.20. The number of allylic oxidation sites excluding steroid dienone is 1. The van der Waals surface area contributed by atoms with E-state index in [1.165, 1.54) is 7.11 Å². The van der Waals surface area contributed by atoms with Crippen molar-refractivity contribution < 1.29 is 9.53 Å². The van der Waals surface area contributed by atoms with Crippen LogP contribution in [0.5, 0.6) is 0 Å². The van der Waals surface area contributed by atoms with Gasteiger partial charge in [0.2, 0.25) is 0 Å². The summed E-state index contributed by atoms with van der Waals surface area (Å²) in [5.41, 5.74) is 3.05. The van der Waals surface area contributed by atoms with Gasteiger partial charge in [-0.25, -0.2) is 4.79 Å². The van der Waals surface area contributed by atoms with Crippen LogP contribution in [0.25, 0.3) is 5.57 Å². The van der Waals surface area contributed by atoms with Crippen LogP contribution in [0.15, 0.2) is 60.7 Å². The van der Waals surface area contributed by atoms with E-state index < -0.39 is 0 Å². The number of benzene rings is 2. The van der Waals surface area contributed by atoms with Gasteiger partial charge in [0.05, 0.1) is 12.7 Å². The van der Waals surface area contributed by atoms with Crippen LogP contribution in [0, 0.1) is 11.8 Å². The summed E-state index contributed by atoms with van der Waals surface area (Å²) in [7, 11) is 1.38. The first kappa shape index (κ1) is 14.6. The van der Waals surface area contributed by atoms with E-state index in [0.717, 1.165) is 16.7 Å². The molecule has 0 aliphatic heterocycles. The van der Waals surface area contributed by atoms with Crippen LogP contribution in [0.1, 0.15) is 23.6 Å². The van der Waals surface area contributed by atoms with Crippen molar-refractivity contribution in [3.05, 3.63) is 77.4 Å². The second-order valence-corrected chi connectivity index (χ2v) is 4.36. The van der Waals surface area contributed by atoms with Crippen molar-refractivity contribution in [2.24, 2.45) is 0 Å². The number of methoxy groups -OCH3 is 1. The monoisotopic (exact) mass is 276 g/mol. The molecule has 0 atom stereocenters. The van der Waals surface area contributed by atoms with Gasteiger partial charge in [-0.2, -0.15) is 0 Å². The molecule has 0 aliphatic rings. The standard InChI is InChI=1S/C19H16O2/c1-3-17(19(20)21-2)18-12-8-7-11-16(18)14-13-15-9-5-4-6-10-15/h3-12H,1-2H3. The van der Waals surface area contributed by atoms with E-state index in [0.29, 0.717) is 5.57 Å². The number of esters is 1. The zero-order valence-corrected chi connectivity index (χ0v) is 12.1. The van der Waals surface area contributed by atoms with E-state index in [4.69, 9.17) is 4.74 Å². The van der Waals surface area contributed by atoms with E-state index in [1.54, 1.807) is 6.08 Å². The minimum atomic E-state index is -0.355. The summed E-state index contributed by atoms with van der Waals surface area (Å²) in [5, 5.41) is 0. The van der Waals surface area contributed by atoms with Crippen molar-refractivity contribution in [3.8, 4) is 11.8 Å². The maximum Gasteiger partial charge on any atom is 0.338 e. The number of hydrogen-bond donors (Lipinski definition) is 0. The van der Waals surface area contributed by atoms with Crippen LogP contribution >= 0.6 is 0 Å². The molecule has 2 rings (SSSR count). The van der Waals surface area contributed by atoms with Crippen LogP contribution in [0.3, 0.4) is 0 Å². The fraction of sp³-hybridized carbons (Fsp3) is 0.105. The second kappa shape index (κ2) is 7.12. The average Bonchev–Trinajstić information content (AvgIpc) is 2.55. The summed E-state index contributed by atoms with van der Waals surface area (Å²) < 4.78 is 4.82. The molecule has 0 fully saturated rings. The van der Waals surface area contributed by atoms with Crippen molar-refractivity contribution in [1.29, 1.82) is 0 Å². The maximum absolute atomic E-state index is 11.8. The molecule has 21 heavy (non-hydrogen) atoms. The molecule has 104 valence electrons. The fourth-order valence-corrected chi connectivity index (χ4v) is 1.98. The lowest BCUT2D eigenvalue weighted by Gasteiger charge is -2.07. The van der Waals surface area contributed by atoms with Gasteiger partial charge in [-0.05, 0) is 25.1 Å². The summed E-state index contributed by atoms with van der Waals surface area (Å²) in [5.74, 6) is 5.88. The first-order valence-electron chi connectivity index (χ1n) is 6.67. The largest absolute Gasteiger partial charge is 0.465 e. The zero-order valence-electron chi connectivity index (χ0n) is 12.1. The Bertz CT molecular complexity index is 716. The molecule has 0 aliphatic carbocycles. The molecule has 0 heterocycles. The number of carbonyl (C=O) groups is 1. The highest BCUT2D eigenvalue weighted by atomic mass is 16.5. The van der Waals surface area contributed by atoms with Gasteiger partial charge in [-0.1, -0.05) is 54.3 Å². The van der Waals surface area contributed by atoms with Crippen molar-refractivity contribution in [1.82, 2.24) is 0 Å². The summed E-state index contributed by atoms with van der Waals surface area (Å²) in [4.78, 5) is 11.8. The van der Waals surface area contributed by atoms with Crippen LogP contribution in [0.2, 0.25) is 0 Å². The van der Waals surface area contributed by atoms with Crippen molar-refractivity contribution in [3.63, 3.8) is 0 Å². The van der Waals surface area contributed by atoms with Crippen LogP contribution in [-0.4, -0.2) is 13.1 Å². The number of hydrogen-bond acceptors (Lipinski definition) is 2. The molecule has 0 spiro atoms. The third-order valence-electron chi connectivity index (χ3n) is 3.03. The Morgan fingerprint density at radius 2 is 1.67 bits per heavy atom. The third kappa shape index (κ3) is 3.61. The van der Waals surface area contributed by atoms with Gasteiger partial charge >= 0.3 is 5.97 Å². The number of carbonyl (C=O) groups excluding carboxylic acids is 1. The topological polar surface area (TPSA) is 26.3 Å². The zero-order chi connectivity index (χ0) is 15.1. The van der Waals surface area contributed by atoms with Crippen molar-refractivity contribution in [2.75, 3.05) is 7.11 Å². The quantitative estimate of drug-likeness (QED) is 0.475. The van der Waals surface area contributed by atoms with E-state index in [1.807, 2.05) is 61.5 Å². The molecule has 0 unspecified atom stereocenters. The van der Waals surface area contributed by atoms with Gasteiger partial charge in [0.25, 0.3) is 0 Å². The summed E-state index contributed by atoms with van der Waals surface area (Å²) in [6.07, 6.45) is 1.74. The average molecular weight is 276 g/mol. The Kier molecular flexibility index (Phi) is 4.95. The van der Waals surface area contributed by atoms with E-state index >= 15 is 0 Å². The SMILES string of the molecule is CC=C(C(=O)OC)c1ccccc1C#Cc1ccccc1. The lowest BCUT2D eigenvalue weighted by molar-refractivity contribution is -0.133. The van der Waals surface area contributed by atoms with E-state index in [2.05, 4.69) is 11.8 Å². The van der Waals surface area contributed by atoms with Gasteiger partial charge in [0.1, 0.15) is 0 Å². The molecule has 2 aromatic rings. The fourth-order valence-electron chi connectivity index (χ4n) is 1.98. The molecule has 2 heteroatoms. The van der Waals surface area contributed by atoms with Gasteiger partial charge in [0.15, 0.2) is 0 Å². The Morgan fingerprint density at radius 1 is 1.00 bits per heavy atom. The first-order chi connectivity index (χ1) is 10.3. The van der Waals surface area contributed by atoms with E-state index in [-0.39, 0.29) is 5.97 Å². The molecular weight excluding hydrogens is 260 g/mol. The molecule has 2 nitrogen and oxygen atoms in total. The van der Waals surface area contributed by atoms with E-state index in [9.17, 15) is 4.79 Å². The predicted octanol–water partition coefficient (Wildman–Crippen LogP) is 3.66. The molecule has 0 saturated heterocycles. The van der Waals surface area contributed by atoms with Crippen LogP contribution in [-0.2, 0) is 9.53 Å². The molecule has 0 amide bonds. The lowest BCUT2D eigenvalue weighted by atomic mass is 9.99. The Hall–Kier alpha value is -2.79. The number of ether oxygens (including phenoxy) is 1. The molecular formula is C19H16O2. The number of rotatable bonds is 2. The van der Waals surface area contributed by atoms with Gasteiger partial charge in [-0.15, -0.1) is 0 Å². The minimum Gasteiger partial charge on any atom is -0.465 e. The van der Waals surface area contributed by atoms with Crippen molar-refractivity contribution >= 4 is 11.5 Å². The van der Waals surface area contributed by atoms with Gasteiger partial charge in [0, 0.05) is 16.7 Å². The summed E-state index contributed by atoms with van der Waals surface area (Å²) in [6, 6.07) is 17.3. The third-order valence-corrected chi connectivity index (χ3v) is 3.03. The van der Waals surface area contributed by atoms with Crippen molar-refractivity contribution in [2.45, 2.75) is 6.92 Å². The predicted molar refractivity (Wildman–Crippen MR) is 84.5 cm³/mol. The second-order valence-electron chi connectivity index (χ2n) is 4.36. The summed E-state index contributed by atoms with van der Waals surface area (Å²) >= 11 is 0. The lowest BCUT2D eigenvalue weighted by Crippen LogP contribution is -2.05. The summed E-state index contributed by atoms with van der Waals surface area (Å²) in [6.45, 7) is 1.81. The highest BCUT2D eigenvalue weighted by Gasteiger charge is 2.13. The normalized spacial score (nSPS) is 10.5. The molecule has 0 saturated carbocycles. The molecule has 0 radical (unpaired) electrons.